The molecule has 0 spiro atoms. The molecule has 0 N–H and O–H groups in total. The van der Waals surface area contributed by atoms with E-state index >= 15 is 0 Å². The molecule has 18 heavy (non-hydrogen) atoms. The van der Waals surface area contributed by atoms with Gasteiger partial charge in [0.15, 0.2) is 0 Å². The average molecular weight is 341 g/mol. The van der Waals surface area contributed by atoms with Crippen LogP contribution in [0.5, 0.6) is 0 Å². The second-order valence-corrected chi connectivity index (χ2v) is 7.43. The van der Waals surface area contributed by atoms with Gasteiger partial charge in [-0.2, -0.15) is 8.78 Å². The Balaban J connectivity index is 3.07. The van der Waals surface area contributed by atoms with Crippen LogP contribution in [-0.4, -0.2) is 19.0 Å². The first-order valence-corrected chi connectivity index (χ1v) is 8.03. The first kappa shape index (κ1) is 15.6. The molecule has 6 heteroatoms. The molecule has 0 amide bonds. The largest absolute Gasteiger partial charge is 0.341 e. The Bertz CT molecular complexity index is 483. The molecule has 0 aromatic heterocycles. The maximum Gasteiger partial charge on any atom is 0.341 e. The molecule has 2 unspecified atom stereocenters. The molecule has 2 nitrogen and oxygen atoms in total. The Morgan fingerprint density at radius 1 is 1.22 bits per heavy atom. The molecule has 0 aliphatic carbocycles. The summed E-state index contributed by atoms with van der Waals surface area (Å²) in [6.45, 7) is 4.02. The van der Waals surface area contributed by atoms with Gasteiger partial charge in [0.05, 0.1) is 4.90 Å². The van der Waals surface area contributed by atoms with E-state index in [1.807, 2.05) is 13.8 Å². The van der Waals surface area contributed by atoms with Gasteiger partial charge in [0.1, 0.15) is 0 Å². The van der Waals surface area contributed by atoms with Crippen molar-refractivity contribution in [3.05, 3.63) is 29.8 Å². The van der Waals surface area contributed by atoms with Crippen molar-refractivity contribution in [2.24, 2.45) is 0 Å². The summed E-state index contributed by atoms with van der Waals surface area (Å²) in [5.41, 5.74) is 0.940. The van der Waals surface area contributed by atoms with E-state index in [-0.39, 0.29) is 15.6 Å². The zero-order chi connectivity index (χ0) is 13.9. The Morgan fingerprint density at radius 2 is 1.72 bits per heavy atom. The Morgan fingerprint density at radius 3 is 2.06 bits per heavy atom. The van der Waals surface area contributed by atoms with E-state index in [1.165, 1.54) is 12.1 Å². The Hall–Kier alpha value is -0.490. The van der Waals surface area contributed by atoms with Crippen molar-refractivity contribution in [3.63, 3.8) is 0 Å². The highest BCUT2D eigenvalue weighted by atomic mass is 79.9. The van der Waals surface area contributed by atoms with Gasteiger partial charge in [-0.25, -0.2) is 8.42 Å². The van der Waals surface area contributed by atoms with Crippen LogP contribution in [-0.2, 0) is 9.84 Å². The summed E-state index contributed by atoms with van der Waals surface area (Å²) in [6.07, 6.45) is 0.882. The van der Waals surface area contributed by atoms with Crippen LogP contribution in [0.3, 0.4) is 0 Å². The van der Waals surface area contributed by atoms with E-state index < -0.39 is 15.6 Å². The standard InChI is InChI=1S/C12H15BrF2O2S/c1-3-11(8(2)13)9-4-6-10(7-5-9)18(16,17)12(14)15/h4-8,11-12H,3H2,1-2H3. The van der Waals surface area contributed by atoms with Crippen LogP contribution < -0.4 is 0 Å². The summed E-state index contributed by atoms with van der Waals surface area (Å²) in [5, 5.41) is 0. The first-order valence-electron chi connectivity index (χ1n) is 5.56. The molecule has 0 saturated carbocycles. The van der Waals surface area contributed by atoms with Crippen LogP contribution in [0.15, 0.2) is 29.2 Å². The predicted octanol–water partition coefficient (Wildman–Crippen LogP) is 3.96. The van der Waals surface area contributed by atoms with E-state index in [1.54, 1.807) is 12.1 Å². The smallest absolute Gasteiger partial charge is 0.218 e. The summed E-state index contributed by atoms with van der Waals surface area (Å²) in [6, 6.07) is 5.69. The van der Waals surface area contributed by atoms with E-state index in [2.05, 4.69) is 15.9 Å². The van der Waals surface area contributed by atoms with Gasteiger partial charge in [0, 0.05) is 4.83 Å². The number of halogens is 3. The topological polar surface area (TPSA) is 34.1 Å². The first-order chi connectivity index (χ1) is 8.30. The number of rotatable bonds is 5. The molecule has 102 valence electrons. The van der Waals surface area contributed by atoms with Gasteiger partial charge in [0.2, 0.25) is 9.84 Å². The monoisotopic (exact) mass is 340 g/mol. The summed E-state index contributed by atoms with van der Waals surface area (Å²) < 4.78 is 47.2. The molecule has 0 aliphatic heterocycles. The van der Waals surface area contributed by atoms with Crippen LogP contribution in [0.4, 0.5) is 8.78 Å². The van der Waals surface area contributed by atoms with Crippen molar-refractivity contribution in [1.82, 2.24) is 0 Å². The van der Waals surface area contributed by atoms with Gasteiger partial charge in [-0.05, 0) is 30.0 Å². The lowest BCUT2D eigenvalue weighted by atomic mass is 9.94. The van der Waals surface area contributed by atoms with Gasteiger partial charge in [0.25, 0.3) is 0 Å². The van der Waals surface area contributed by atoms with Crippen LogP contribution in [0, 0.1) is 0 Å². The number of hydrogen-bond acceptors (Lipinski definition) is 2. The number of hydrogen-bond donors (Lipinski definition) is 0. The van der Waals surface area contributed by atoms with Gasteiger partial charge < -0.3 is 0 Å². The van der Waals surface area contributed by atoms with Crippen LogP contribution in [0.1, 0.15) is 31.7 Å². The normalized spacial score (nSPS) is 15.7. The third kappa shape index (κ3) is 3.29. The summed E-state index contributed by atoms with van der Waals surface area (Å²) in [4.78, 5) is -0.0987. The van der Waals surface area contributed by atoms with Crippen LogP contribution in [0.2, 0.25) is 0 Å². The van der Waals surface area contributed by atoms with Crippen molar-refractivity contribution in [3.8, 4) is 0 Å². The molecule has 0 radical (unpaired) electrons. The highest BCUT2D eigenvalue weighted by molar-refractivity contribution is 9.09. The fraction of sp³-hybridized carbons (Fsp3) is 0.500. The molecule has 1 rings (SSSR count). The highest BCUT2D eigenvalue weighted by Gasteiger charge is 2.26. The van der Waals surface area contributed by atoms with E-state index in [0.717, 1.165) is 12.0 Å². The molecule has 0 heterocycles. The number of alkyl halides is 3. The summed E-state index contributed by atoms with van der Waals surface area (Å²) in [7, 11) is -4.49. The SMILES string of the molecule is CCC(c1ccc(S(=O)(=O)C(F)F)cc1)C(C)Br. The van der Waals surface area contributed by atoms with Crippen molar-refractivity contribution in [2.75, 3.05) is 0 Å². The van der Waals surface area contributed by atoms with Gasteiger partial charge >= 0.3 is 5.76 Å². The quantitative estimate of drug-likeness (QED) is 0.760. The van der Waals surface area contributed by atoms with Crippen molar-refractivity contribution in [2.45, 2.75) is 41.7 Å². The number of sulfone groups is 1. The van der Waals surface area contributed by atoms with Crippen molar-refractivity contribution in [1.29, 1.82) is 0 Å². The fourth-order valence-corrected chi connectivity index (χ4v) is 3.23. The minimum atomic E-state index is -4.49. The molecule has 2 atom stereocenters. The maximum atomic E-state index is 12.4. The highest BCUT2D eigenvalue weighted by Crippen LogP contribution is 2.29. The zero-order valence-electron chi connectivity index (χ0n) is 10.1. The minimum Gasteiger partial charge on any atom is -0.218 e. The van der Waals surface area contributed by atoms with Gasteiger partial charge in [-0.15, -0.1) is 0 Å². The second-order valence-electron chi connectivity index (χ2n) is 4.07. The van der Waals surface area contributed by atoms with Crippen LogP contribution in [0.25, 0.3) is 0 Å². The molecular formula is C12H15BrF2O2S. The molecule has 0 bridgehead atoms. The Kier molecular flexibility index (Phi) is 5.28. The lowest BCUT2D eigenvalue weighted by molar-refractivity contribution is 0.234. The third-order valence-electron chi connectivity index (χ3n) is 2.87. The van der Waals surface area contributed by atoms with Crippen molar-refractivity contribution >= 4 is 25.8 Å². The second kappa shape index (κ2) is 6.10. The zero-order valence-corrected chi connectivity index (χ0v) is 12.5. The maximum absolute atomic E-state index is 12.4. The molecular weight excluding hydrogens is 326 g/mol. The van der Waals surface area contributed by atoms with Gasteiger partial charge in [-0.1, -0.05) is 41.9 Å². The minimum absolute atomic E-state index is 0.230. The molecule has 0 saturated heterocycles. The summed E-state index contributed by atoms with van der Waals surface area (Å²) in [5.74, 6) is -3.14. The lowest BCUT2D eigenvalue weighted by Gasteiger charge is -2.18. The molecule has 1 aromatic rings. The van der Waals surface area contributed by atoms with E-state index in [0.29, 0.717) is 0 Å². The fourth-order valence-electron chi connectivity index (χ4n) is 1.83. The Labute approximate surface area is 114 Å². The van der Waals surface area contributed by atoms with E-state index in [4.69, 9.17) is 0 Å². The lowest BCUT2D eigenvalue weighted by Crippen LogP contribution is -2.12. The van der Waals surface area contributed by atoms with E-state index in [9.17, 15) is 17.2 Å². The molecule has 0 fully saturated rings. The predicted molar refractivity (Wildman–Crippen MR) is 71.1 cm³/mol. The van der Waals surface area contributed by atoms with Crippen LogP contribution >= 0.6 is 15.9 Å². The van der Waals surface area contributed by atoms with Gasteiger partial charge in [-0.3, -0.25) is 0 Å². The third-order valence-corrected chi connectivity index (χ3v) is 4.90. The molecule has 1 aromatic carbocycles. The number of benzene rings is 1. The van der Waals surface area contributed by atoms with Crippen molar-refractivity contribution < 1.29 is 17.2 Å². The average Bonchev–Trinajstić information content (AvgIpc) is 2.30. The summed E-state index contributed by atoms with van der Waals surface area (Å²) >= 11 is 3.48. The molecule has 0 aliphatic rings.